The van der Waals surface area contributed by atoms with Crippen molar-refractivity contribution in [1.82, 2.24) is 0 Å². The molecule has 1 aromatic rings. The van der Waals surface area contributed by atoms with Crippen molar-refractivity contribution in [3.05, 3.63) is 34.1 Å². The first-order valence-electron chi connectivity index (χ1n) is 5.32. The van der Waals surface area contributed by atoms with Crippen molar-refractivity contribution in [2.24, 2.45) is 0 Å². The third kappa shape index (κ3) is 4.22. The fraction of sp³-hybridized carbons (Fsp3) is 0.455. The summed E-state index contributed by atoms with van der Waals surface area (Å²) in [6.07, 6.45) is 0. The van der Waals surface area contributed by atoms with Gasteiger partial charge in [0.25, 0.3) is 5.69 Å². The zero-order valence-corrected chi connectivity index (χ0v) is 10.6. The highest BCUT2D eigenvalue weighted by Crippen LogP contribution is 2.21. The molecule has 0 heterocycles. The summed E-state index contributed by atoms with van der Waals surface area (Å²) in [5.74, 6) is 1.29. The molecule has 0 aliphatic rings. The average Bonchev–Trinajstić information content (AvgIpc) is 2.28. The second-order valence-corrected chi connectivity index (χ2v) is 4.95. The summed E-state index contributed by atoms with van der Waals surface area (Å²) in [6.45, 7) is 4.01. The van der Waals surface area contributed by atoms with Crippen LogP contribution in [0.1, 0.15) is 13.8 Å². The molecule has 6 heteroatoms. The van der Waals surface area contributed by atoms with Crippen molar-refractivity contribution in [2.45, 2.75) is 19.9 Å². The molecule has 1 rings (SSSR count). The number of nitrogens with zero attached hydrogens (tertiary/aromatic N) is 1. The first kappa shape index (κ1) is 13.8. The van der Waals surface area contributed by atoms with Crippen LogP contribution < -0.4 is 5.32 Å². The number of rotatable bonds is 6. The monoisotopic (exact) mass is 258 g/mol. The van der Waals surface area contributed by atoms with Gasteiger partial charge in [-0.2, -0.15) is 11.8 Å². The van der Waals surface area contributed by atoms with Gasteiger partial charge in [-0.25, -0.2) is 4.39 Å². The van der Waals surface area contributed by atoms with Gasteiger partial charge in [0.15, 0.2) is 5.82 Å². The van der Waals surface area contributed by atoms with Crippen molar-refractivity contribution in [3.63, 3.8) is 0 Å². The third-order valence-electron chi connectivity index (χ3n) is 2.14. The molecule has 0 aromatic heterocycles. The third-order valence-corrected chi connectivity index (χ3v) is 3.28. The van der Waals surface area contributed by atoms with Crippen molar-refractivity contribution in [3.8, 4) is 0 Å². The number of thioether (sulfide) groups is 1. The predicted molar refractivity (Wildman–Crippen MR) is 69.1 cm³/mol. The number of nitro benzene ring substituents is 1. The largest absolute Gasteiger partial charge is 0.379 e. The number of anilines is 1. The minimum absolute atomic E-state index is 0.121. The van der Waals surface area contributed by atoms with Crippen LogP contribution in [-0.4, -0.2) is 22.5 Å². The maximum atomic E-state index is 13.5. The maximum Gasteiger partial charge on any atom is 0.272 e. The highest BCUT2D eigenvalue weighted by atomic mass is 32.2. The molecule has 0 fully saturated rings. The van der Waals surface area contributed by atoms with Crippen molar-refractivity contribution < 1.29 is 9.31 Å². The summed E-state index contributed by atoms with van der Waals surface area (Å²) in [5.41, 5.74) is 0.0726. The van der Waals surface area contributed by atoms with E-state index < -0.39 is 10.7 Å². The van der Waals surface area contributed by atoms with Crippen molar-refractivity contribution in [2.75, 3.05) is 16.8 Å². The number of hydrogen-bond donors (Lipinski definition) is 1. The molecule has 94 valence electrons. The Balaban J connectivity index is 2.69. The van der Waals surface area contributed by atoms with E-state index in [9.17, 15) is 14.5 Å². The van der Waals surface area contributed by atoms with Gasteiger partial charge in [-0.3, -0.25) is 10.1 Å². The quantitative estimate of drug-likeness (QED) is 0.628. The lowest BCUT2D eigenvalue weighted by atomic mass is 10.2. The summed E-state index contributed by atoms with van der Waals surface area (Å²) < 4.78 is 13.5. The molecule has 4 nitrogen and oxygen atoms in total. The molecule has 0 amide bonds. The maximum absolute atomic E-state index is 13.5. The van der Waals surface area contributed by atoms with Gasteiger partial charge in [-0.1, -0.05) is 6.92 Å². The number of non-ortho nitro benzene ring substituents is 1. The van der Waals surface area contributed by atoms with Crippen LogP contribution in [0, 0.1) is 15.9 Å². The van der Waals surface area contributed by atoms with Crippen LogP contribution in [0.5, 0.6) is 0 Å². The Morgan fingerprint density at radius 2 is 2.29 bits per heavy atom. The minimum Gasteiger partial charge on any atom is -0.379 e. The first-order chi connectivity index (χ1) is 8.04. The summed E-state index contributed by atoms with van der Waals surface area (Å²) in [7, 11) is 0. The lowest BCUT2D eigenvalue weighted by Crippen LogP contribution is -2.18. The van der Waals surface area contributed by atoms with Gasteiger partial charge in [0.1, 0.15) is 0 Å². The number of benzene rings is 1. The van der Waals surface area contributed by atoms with E-state index in [4.69, 9.17) is 0 Å². The standard InChI is InChI=1S/C11H15FN2O2S/c1-3-17-7-8(2)13-11-5-4-9(14(15)16)6-10(11)12/h4-6,8,13H,3,7H2,1-2H3. The summed E-state index contributed by atoms with van der Waals surface area (Å²) in [4.78, 5) is 9.84. The van der Waals surface area contributed by atoms with Gasteiger partial charge in [-0.05, 0) is 18.7 Å². The lowest BCUT2D eigenvalue weighted by molar-refractivity contribution is -0.385. The average molecular weight is 258 g/mol. The van der Waals surface area contributed by atoms with Crippen LogP contribution in [0.4, 0.5) is 15.8 Å². The lowest BCUT2D eigenvalue weighted by Gasteiger charge is -2.14. The van der Waals surface area contributed by atoms with Crippen LogP contribution in [0.2, 0.25) is 0 Å². The van der Waals surface area contributed by atoms with Gasteiger partial charge < -0.3 is 5.32 Å². The van der Waals surface area contributed by atoms with E-state index in [0.717, 1.165) is 17.6 Å². The van der Waals surface area contributed by atoms with E-state index in [1.807, 2.05) is 6.92 Å². The van der Waals surface area contributed by atoms with Gasteiger partial charge >= 0.3 is 0 Å². The van der Waals surface area contributed by atoms with E-state index >= 15 is 0 Å². The number of nitro groups is 1. The molecule has 1 unspecified atom stereocenters. The topological polar surface area (TPSA) is 55.2 Å². The van der Waals surface area contributed by atoms with Gasteiger partial charge in [0.05, 0.1) is 16.7 Å². The SMILES string of the molecule is CCSCC(C)Nc1ccc([N+](=O)[O-])cc1F. The molecule has 17 heavy (non-hydrogen) atoms. The molecule has 0 radical (unpaired) electrons. The van der Waals surface area contributed by atoms with Crippen LogP contribution in [0.15, 0.2) is 18.2 Å². The summed E-state index contributed by atoms with van der Waals surface area (Å²) in [6, 6.07) is 3.75. The molecule has 0 aliphatic carbocycles. The van der Waals surface area contributed by atoms with Crippen LogP contribution in [-0.2, 0) is 0 Å². The Hall–Kier alpha value is -1.30. The van der Waals surface area contributed by atoms with Gasteiger partial charge in [-0.15, -0.1) is 0 Å². The normalized spacial score (nSPS) is 12.2. The smallest absolute Gasteiger partial charge is 0.272 e. The molecular formula is C11H15FN2O2S. The van der Waals surface area contributed by atoms with Crippen LogP contribution >= 0.6 is 11.8 Å². The van der Waals surface area contributed by atoms with E-state index in [-0.39, 0.29) is 11.7 Å². The Kier molecular flexibility index (Phi) is 5.21. The van der Waals surface area contributed by atoms with E-state index in [1.165, 1.54) is 12.1 Å². The van der Waals surface area contributed by atoms with Crippen molar-refractivity contribution in [1.29, 1.82) is 0 Å². The van der Waals surface area contributed by atoms with Gasteiger partial charge in [0.2, 0.25) is 0 Å². The zero-order valence-electron chi connectivity index (χ0n) is 9.77. The van der Waals surface area contributed by atoms with E-state index in [1.54, 1.807) is 11.8 Å². The Morgan fingerprint density at radius 1 is 1.59 bits per heavy atom. The molecule has 0 saturated carbocycles. The summed E-state index contributed by atoms with van der Waals surface area (Å²) in [5, 5.41) is 13.4. The zero-order chi connectivity index (χ0) is 12.8. The molecule has 0 spiro atoms. The molecule has 1 N–H and O–H groups in total. The Labute approximate surface area is 104 Å². The van der Waals surface area contributed by atoms with Crippen LogP contribution in [0.3, 0.4) is 0 Å². The van der Waals surface area contributed by atoms with Gasteiger partial charge in [0, 0.05) is 17.9 Å². The molecule has 1 atom stereocenters. The molecule has 0 aliphatic heterocycles. The summed E-state index contributed by atoms with van der Waals surface area (Å²) >= 11 is 1.76. The van der Waals surface area contributed by atoms with E-state index in [2.05, 4.69) is 12.2 Å². The first-order valence-corrected chi connectivity index (χ1v) is 6.48. The molecule has 1 aromatic carbocycles. The Bertz CT molecular complexity index is 401. The highest BCUT2D eigenvalue weighted by molar-refractivity contribution is 7.99. The predicted octanol–water partition coefficient (Wildman–Crippen LogP) is 3.29. The number of nitrogens with one attached hydrogen (secondary N) is 1. The molecular weight excluding hydrogens is 243 g/mol. The fourth-order valence-corrected chi connectivity index (χ4v) is 2.01. The minimum atomic E-state index is -0.608. The second kappa shape index (κ2) is 6.44. The van der Waals surface area contributed by atoms with E-state index in [0.29, 0.717) is 5.69 Å². The Morgan fingerprint density at radius 3 is 2.82 bits per heavy atom. The number of hydrogen-bond acceptors (Lipinski definition) is 4. The number of halogens is 1. The van der Waals surface area contributed by atoms with Crippen molar-refractivity contribution >= 4 is 23.1 Å². The molecule has 0 bridgehead atoms. The molecule has 0 saturated heterocycles. The fourth-order valence-electron chi connectivity index (χ4n) is 1.34. The second-order valence-electron chi connectivity index (χ2n) is 3.63. The van der Waals surface area contributed by atoms with Crippen LogP contribution in [0.25, 0.3) is 0 Å². The highest BCUT2D eigenvalue weighted by Gasteiger charge is 2.12.